The minimum absolute atomic E-state index is 0.354. The van der Waals surface area contributed by atoms with Crippen molar-refractivity contribution in [1.82, 2.24) is 0 Å². The van der Waals surface area contributed by atoms with Crippen LogP contribution < -0.4 is 9.47 Å². The van der Waals surface area contributed by atoms with Gasteiger partial charge < -0.3 is 9.47 Å². The summed E-state index contributed by atoms with van der Waals surface area (Å²) in [5.41, 5.74) is 1.19. The third-order valence-corrected chi connectivity index (χ3v) is 3.31. The van der Waals surface area contributed by atoms with Crippen LogP contribution in [0.15, 0.2) is 18.2 Å². The molecule has 0 N–H and O–H groups in total. The summed E-state index contributed by atoms with van der Waals surface area (Å²) in [6, 6.07) is 6.07. The van der Waals surface area contributed by atoms with Gasteiger partial charge in [0.2, 0.25) is 0 Å². The standard InChI is InChI=1S/C16H22O3/c1-3-7-18-15-6-5-12(13-9-14(17)10-13)11-16(15)19-8-4-2/h5-6,11,13H,3-4,7-10H2,1-2H3. The van der Waals surface area contributed by atoms with E-state index in [-0.39, 0.29) is 0 Å². The zero-order valence-electron chi connectivity index (χ0n) is 11.8. The molecular formula is C16H22O3. The van der Waals surface area contributed by atoms with Crippen LogP contribution in [0.5, 0.6) is 11.5 Å². The maximum atomic E-state index is 11.1. The van der Waals surface area contributed by atoms with E-state index >= 15 is 0 Å². The van der Waals surface area contributed by atoms with Crippen LogP contribution in [0.3, 0.4) is 0 Å². The molecule has 0 saturated heterocycles. The fourth-order valence-corrected chi connectivity index (χ4v) is 2.16. The van der Waals surface area contributed by atoms with E-state index in [1.807, 2.05) is 12.1 Å². The monoisotopic (exact) mass is 262 g/mol. The lowest BCUT2D eigenvalue weighted by Crippen LogP contribution is -2.21. The Morgan fingerprint density at radius 3 is 2.26 bits per heavy atom. The van der Waals surface area contributed by atoms with E-state index in [1.54, 1.807) is 0 Å². The molecule has 104 valence electrons. The van der Waals surface area contributed by atoms with Crippen LogP contribution in [0.2, 0.25) is 0 Å². The summed E-state index contributed by atoms with van der Waals surface area (Å²) in [6.45, 7) is 5.56. The minimum atomic E-state index is 0.354. The number of hydrogen-bond donors (Lipinski definition) is 0. The molecule has 1 aliphatic rings. The van der Waals surface area contributed by atoms with Gasteiger partial charge in [-0.25, -0.2) is 0 Å². The maximum Gasteiger partial charge on any atom is 0.161 e. The van der Waals surface area contributed by atoms with Crippen molar-refractivity contribution in [2.45, 2.75) is 45.4 Å². The first-order valence-electron chi connectivity index (χ1n) is 7.15. The highest BCUT2D eigenvalue weighted by atomic mass is 16.5. The van der Waals surface area contributed by atoms with Gasteiger partial charge in [-0.1, -0.05) is 19.9 Å². The summed E-state index contributed by atoms with van der Waals surface area (Å²) < 4.78 is 11.5. The van der Waals surface area contributed by atoms with E-state index in [0.717, 1.165) is 24.3 Å². The molecule has 0 amide bonds. The van der Waals surface area contributed by atoms with E-state index in [0.29, 0.717) is 37.8 Å². The van der Waals surface area contributed by atoms with E-state index in [4.69, 9.17) is 9.47 Å². The highest BCUT2D eigenvalue weighted by molar-refractivity contribution is 5.86. The molecule has 2 rings (SSSR count). The van der Waals surface area contributed by atoms with Crippen molar-refractivity contribution in [2.24, 2.45) is 0 Å². The molecule has 0 radical (unpaired) electrons. The van der Waals surface area contributed by atoms with Gasteiger partial charge in [-0.05, 0) is 36.5 Å². The van der Waals surface area contributed by atoms with E-state index < -0.39 is 0 Å². The van der Waals surface area contributed by atoms with Crippen molar-refractivity contribution >= 4 is 5.78 Å². The molecule has 1 aromatic rings. The Kier molecular flexibility index (Phi) is 4.83. The summed E-state index contributed by atoms with van der Waals surface area (Å²) >= 11 is 0. The molecule has 1 aromatic carbocycles. The maximum absolute atomic E-state index is 11.1. The molecule has 1 saturated carbocycles. The lowest BCUT2D eigenvalue weighted by atomic mass is 9.79. The predicted molar refractivity (Wildman–Crippen MR) is 75.0 cm³/mol. The van der Waals surface area contributed by atoms with E-state index in [2.05, 4.69) is 19.9 Å². The summed E-state index contributed by atoms with van der Waals surface area (Å²) in [7, 11) is 0. The van der Waals surface area contributed by atoms with Crippen molar-refractivity contribution in [2.75, 3.05) is 13.2 Å². The molecule has 1 aliphatic carbocycles. The highest BCUT2D eigenvalue weighted by Crippen LogP contribution is 2.38. The van der Waals surface area contributed by atoms with Crippen molar-refractivity contribution in [3.8, 4) is 11.5 Å². The smallest absolute Gasteiger partial charge is 0.161 e. The lowest BCUT2D eigenvalue weighted by Gasteiger charge is -2.25. The number of benzene rings is 1. The van der Waals surface area contributed by atoms with Crippen molar-refractivity contribution in [3.05, 3.63) is 23.8 Å². The second-order valence-corrected chi connectivity index (χ2v) is 5.05. The molecule has 3 heteroatoms. The van der Waals surface area contributed by atoms with Gasteiger partial charge in [-0.2, -0.15) is 0 Å². The Balaban J connectivity index is 2.12. The SMILES string of the molecule is CCCOc1ccc(C2CC(=O)C2)cc1OCCC. The van der Waals surface area contributed by atoms with Gasteiger partial charge in [-0.3, -0.25) is 4.79 Å². The molecule has 0 aromatic heterocycles. The second kappa shape index (κ2) is 6.60. The van der Waals surface area contributed by atoms with Crippen molar-refractivity contribution in [3.63, 3.8) is 0 Å². The fourth-order valence-electron chi connectivity index (χ4n) is 2.16. The Bertz CT molecular complexity index is 432. The summed E-state index contributed by atoms with van der Waals surface area (Å²) in [6.07, 6.45) is 3.29. The quantitative estimate of drug-likeness (QED) is 0.751. The van der Waals surface area contributed by atoms with Crippen molar-refractivity contribution in [1.29, 1.82) is 0 Å². The van der Waals surface area contributed by atoms with Gasteiger partial charge in [-0.15, -0.1) is 0 Å². The number of rotatable bonds is 7. The van der Waals surface area contributed by atoms with Gasteiger partial charge >= 0.3 is 0 Å². The number of ether oxygens (including phenoxy) is 2. The average Bonchev–Trinajstić information content (AvgIpc) is 2.40. The zero-order chi connectivity index (χ0) is 13.7. The van der Waals surface area contributed by atoms with Gasteiger partial charge in [0.05, 0.1) is 13.2 Å². The average molecular weight is 262 g/mol. The molecule has 0 aliphatic heterocycles. The Morgan fingerprint density at radius 2 is 1.68 bits per heavy atom. The zero-order valence-corrected chi connectivity index (χ0v) is 11.8. The third-order valence-electron chi connectivity index (χ3n) is 3.31. The molecule has 3 nitrogen and oxygen atoms in total. The number of ketones is 1. The molecule has 0 atom stereocenters. The second-order valence-electron chi connectivity index (χ2n) is 5.05. The van der Waals surface area contributed by atoms with E-state index in [1.165, 1.54) is 5.56 Å². The summed E-state index contributed by atoms with van der Waals surface area (Å²) in [5.74, 6) is 2.35. The molecular weight excluding hydrogens is 240 g/mol. The number of hydrogen-bond acceptors (Lipinski definition) is 3. The van der Waals surface area contributed by atoms with Gasteiger partial charge in [0, 0.05) is 12.8 Å². The van der Waals surface area contributed by atoms with Crippen LogP contribution in [-0.2, 0) is 4.79 Å². The first-order chi connectivity index (χ1) is 9.24. The lowest BCUT2D eigenvalue weighted by molar-refractivity contribution is -0.124. The summed E-state index contributed by atoms with van der Waals surface area (Å²) in [4.78, 5) is 11.1. The molecule has 0 unspecified atom stereocenters. The first kappa shape index (κ1) is 13.9. The molecule has 0 bridgehead atoms. The molecule has 0 spiro atoms. The number of carbonyl (C=O) groups excluding carboxylic acids is 1. The molecule has 0 heterocycles. The van der Waals surface area contributed by atoms with Gasteiger partial charge in [0.1, 0.15) is 5.78 Å². The van der Waals surface area contributed by atoms with Crippen molar-refractivity contribution < 1.29 is 14.3 Å². The van der Waals surface area contributed by atoms with Crippen LogP contribution in [-0.4, -0.2) is 19.0 Å². The third kappa shape index (κ3) is 3.49. The normalized spacial score (nSPS) is 15.2. The van der Waals surface area contributed by atoms with E-state index in [9.17, 15) is 4.79 Å². The largest absolute Gasteiger partial charge is 0.490 e. The Labute approximate surface area is 114 Å². The minimum Gasteiger partial charge on any atom is -0.490 e. The summed E-state index contributed by atoms with van der Waals surface area (Å²) in [5, 5.41) is 0. The van der Waals surface area contributed by atoms with Crippen LogP contribution in [0.4, 0.5) is 0 Å². The predicted octanol–water partition coefficient (Wildman–Crippen LogP) is 3.71. The first-order valence-corrected chi connectivity index (χ1v) is 7.15. The van der Waals surface area contributed by atoms with Crippen LogP contribution >= 0.6 is 0 Å². The fraction of sp³-hybridized carbons (Fsp3) is 0.562. The Hall–Kier alpha value is -1.51. The van der Waals surface area contributed by atoms with Crippen LogP contribution in [0, 0.1) is 0 Å². The Morgan fingerprint density at radius 1 is 1.05 bits per heavy atom. The number of carbonyl (C=O) groups is 1. The highest BCUT2D eigenvalue weighted by Gasteiger charge is 2.28. The van der Waals surface area contributed by atoms with Crippen LogP contribution in [0.25, 0.3) is 0 Å². The topological polar surface area (TPSA) is 35.5 Å². The van der Waals surface area contributed by atoms with Crippen LogP contribution in [0.1, 0.15) is 51.0 Å². The molecule has 19 heavy (non-hydrogen) atoms. The van der Waals surface area contributed by atoms with Gasteiger partial charge in [0.15, 0.2) is 11.5 Å². The van der Waals surface area contributed by atoms with Gasteiger partial charge in [0.25, 0.3) is 0 Å². The molecule has 1 fully saturated rings. The number of Topliss-reactive ketones (excluding diaryl/α,β-unsaturated/α-hetero) is 1.